The molecule has 1 aromatic heterocycles. The molecule has 1 unspecified atom stereocenters. The van der Waals surface area contributed by atoms with Gasteiger partial charge in [0.2, 0.25) is 11.7 Å². The highest BCUT2D eigenvalue weighted by Gasteiger charge is 2.35. The summed E-state index contributed by atoms with van der Waals surface area (Å²) >= 11 is 0. The number of hydrogen-bond acceptors (Lipinski definition) is 5. The summed E-state index contributed by atoms with van der Waals surface area (Å²) < 4.78 is 10.9. The van der Waals surface area contributed by atoms with Gasteiger partial charge in [0.25, 0.3) is 0 Å². The Morgan fingerprint density at radius 2 is 2.31 bits per heavy atom. The minimum atomic E-state index is -0.395. The molecule has 0 aromatic carbocycles. The van der Waals surface area contributed by atoms with Gasteiger partial charge in [0.05, 0.1) is 6.04 Å². The lowest BCUT2D eigenvalue weighted by molar-refractivity contribution is -0.0770. The van der Waals surface area contributed by atoms with E-state index in [-0.39, 0.29) is 6.04 Å². The van der Waals surface area contributed by atoms with Crippen LogP contribution in [0.1, 0.15) is 57.3 Å². The summed E-state index contributed by atoms with van der Waals surface area (Å²) in [5, 5.41) is 3.99. The molecule has 90 valence electrons. The SMILES string of the molecule is CC[C@@H](N)c1nc(C2(C)CCCCO2)no1. The summed E-state index contributed by atoms with van der Waals surface area (Å²) in [4.78, 5) is 4.35. The molecule has 5 heteroatoms. The van der Waals surface area contributed by atoms with Gasteiger partial charge in [-0.25, -0.2) is 0 Å². The van der Waals surface area contributed by atoms with Crippen LogP contribution in [0.3, 0.4) is 0 Å². The van der Waals surface area contributed by atoms with Crippen LogP contribution in [0.4, 0.5) is 0 Å². The third-order valence-corrected chi connectivity index (χ3v) is 3.14. The highest BCUT2D eigenvalue weighted by molar-refractivity contribution is 5.02. The zero-order chi connectivity index (χ0) is 11.6. The molecule has 1 aliphatic rings. The summed E-state index contributed by atoms with van der Waals surface area (Å²) in [6.45, 7) is 4.77. The van der Waals surface area contributed by atoms with Gasteiger partial charge < -0.3 is 15.0 Å². The highest BCUT2D eigenvalue weighted by Crippen LogP contribution is 2.33. The minimum Gasteiger partial charge on any atom is -0.367 e. The van der Waals surface area contributed by atoms with E-state index in [4.69, 9.17) is 15.0 Å². The van der Waals surface area contributed by atoms with Crippen molar-refractivity contribution >= 4 is 0 Å². The summed E-state index contributed by atoms with van der Waals surface area (Å²) in [6, 6.07) is -0.173. The average Bonchev–Trinajstić information content (AvgIpc) is 2.79. The Hall–Kier alpha value is -0.940. The van der Waals surface area contributed by atoms with E-state index in [1.54, 1.807) is 0 Å². The predicted octanol–water partition coefficient (Wildman–Crippen LogP) is 1.90. The van der Waals surface area contributed by atoms with Gasteiger partial charge in [0.15, 0.2) is 0 Å². The molecule has 5 nitrogen and oxygen atoms in total. The number of rotatable bonds is 3. The molecule has 2 atom stereocenters. The maximum Gasteiger partial charge on any atom is 0.243 e. The quantitative estimate of drug-likeness (QED) is 0.850. The lowest BCUT2D eigenvalue weighted by Crippen LogP contribution is -2.31. The van der Waals surface area contributed by atoms with Crippen molar-refractivity contribution in [2.45, 2.75) is 51.2 Å². The van der Waals surface area contributed by atoms with E-state index >= 15 is 0 Å². The van der Waals surface area contributed by atoms with E-state index in [0.717, 1.165) is 32.3 Å². The van der Waals surface area contributed by atoms with Crippen LogP contribution >= 0.6 is 0 Å². The van der Waals surface area contributed by atoms with Crippen LogP contribution < -0.4 is 5.73 Å². The monoisotopic (exact) mass is 225 g/mol. The van der Waals surface area contributed by atoms with E-state index in [9.17, 15) is 0 Å². The van der Waals surface area contributed by atoms with Gasteiger partial charge in [-0.05, 0) is 32.6 Å². The molecule has 2 rings (SSSR count). The van der Waals surface area contributed by atoms with Gasteiger partial charge in [0, 0.05) is 6.61 Å². The Bertz CT molecular complexity index is 345. The molecule has 1 aromatic rings. The number of nitrogens with two attached hydrogens (primary N) is 1. The fourth-order valence-corrected chi connectivity index (χ4v) is 1.89. The second kappa shape index (κ2) is 4.51. The van der Waals surface area contributed by atoms with Gasteiger partial charge in [-0.2, -0.15) is 4.98 Å². The van der Waals surface area contributed by atoms with Crippen molar-refractivity contribution in [3.05, 3.63) is 11.7 Å². The molecule has 0 radical (unpaired) electrons. The molecule has 0 bridgehead atoms. The Balaban J connectivity index is 2.17. The second-order valence-electron chi connectivity index (χ2n) is 4.51. The third-order valence-electron chi connectivity index (χ3n) is 3.14. The summed E-state index contributed by atoms with van der Waals surface area (Å²) in [6.07, 6.45) is 3.97. The van der Waals surface area contributed by atoms with Crippen molar-refractivity contribution < 1.29 is 9.26 Å². The maximum absolute atomic E-state index is 5.84. The first-order valence-electron chi connectivity index (χ1n) is 5.89. The first-order valence-corrected chi connectivity index (χ1v) is 5.89. The first kappa shape index (κ1) is 11.5. The van der Waals surface area contributed by atoms with Crippen molar-refractivity contribution in [3.8, 4) is 0 Å². The van der Waals surface area contributed by atoms with E-state index in [1.165, 1.54) is 0 Å². The predicted molar refractivity (Wildman–Crippen MR) is 58.7 cm³/mol. The van der Waals surface area contributed by atoms with E-state index in [2.05, 4.69) is 10.1 Å². The molecule has 1 fully saturated rings. The van der Waals surface area contributed by atoms with Gasteiger partial charge in [0.1, 0.15) is 5.60 Å². The maximum atomic E-state index is 5.84. The second-order valence-corrected chi connectivity index (χ2v) is 4.51. The van der Waals surface area contributed by atoms with Crippen LogP contribution in [-0.4, -0.2) is 16.7 Å². The molecule has 0 aliphatic carbocycles. The lowest BCUT2D eigenvalue weighted by Gasteiger charge is -2.30. The van der Waals surface area contributed by atoms with Crippen molar-refractivity contribution in [3.63, 3.8) is 0 Å². The van der Waals surface area contributed by atoms with Gasteiger partial charge >= 0.3 is 0 Å². The number of ether oxygens (including phenoxy) is 1. The summed E-state index contributed by atoms with van der Waals surface area (Å²) in [5.74, 6) is 1.14. The smallest absolute Gasteiger partial charge is 0.243 e. The van der Waals surface area contributed by atoms with E-state index in [0.29, 0.717) is 11.7 Å². The van der Waals surface area contributed by atoms with Gasteiger partial charge in [-0.3, -0.25) is 0 Å². The molecule has 0 amide bonds. The molecule has 1 aliphatic heterocycles. The number of aromatic nitrogens is 2. The molecular formula is C11H19N3O2. The van der Waals surface area contributed by atoms with Crippen molar-refractivity contribution in [1.82, 2.24) is 10.1 Å². The molecule has 2 heterocycles. The van der Waals surface area contributed by atoms with Crippen molar-refractivity contribution in [2.24, 2.45) is 5.73 Å². The van der Waals surface area contributed by atoms with Crippen LogP contribution in [0.25, 0.3) is 0 Å². The van der Waals surface area contributed by atoms with Crippen molar-refractivity contribution in [2.75, 3.05) is 6.61 Å². The lowest BCUT2D eigenvalue weighted by atomic mass is 9.95. The Labute approximate surface area is 95.3 Å². The van der Waals surface area contributed by atoms with Crippen LogP contribution in [0.2, 0.25) is 0 Å². The third kappa shape index (κ3) is 2.10. The zero-order valence-corrected chi connectivity index (χ0v) is 9.90. The molecule has 2 N–H and O–H groups in total. The van der Waals surface area contributed by atoms with Crippen LogP contribution in [0, 0.1) is 0 Å². The number of hydrogen-bond donors (Lipinski definition) is 1. The van der Waals surface area contributed by atoms with Crippen LogP contribution in [0.15, 0.2) is 4.52 Å². The normalized spacial score (nSPS) is 27.9. The largest absolute Gasteiger partial charge is 0.367 e. The molecule has 0 saturated carbocycles. The van der Waals surface area contributed by atoms with Gasteiger partial charge in [-0.15, -0.1) is 0 Å². The van der Waals surface area contributed by atoms with E-state index in [1.807, 2.05) is 13.8 Å². The number of nitrogens with zero attached hydrogens (tertiary/aromatic N) is 2. The minimum absolute atomic E-state index is 0.173. The summed E-state index contributed by atoms with van der Waals surface area (Å²) in [7, 11) is 0. The van der Waals surface area contributed by atoms with Crippen molar-refractivity contribution in [1.29, 1.82) is 0 Å². The molecule has 16 heavy (non-hydrogen) atoms. The zero-order valence-electron chi connectivity index (χ0n) is 9.90. The fourth-order valence-electron chi connectivity index (χ4n) is 1.89. The topological polar surface area (TPSA) is 74.2 Å². The van der Waals surface area contributed by atoms with E-state index < -0.39 is 5.60 Å². The first-order chi connectivity index (χ1) is 7.65. The Morgan fingerprint density at radius 1 is 1.50 bits per heavy atom. The fraction of sp³-hybridized carbons (Fsp3) is 0.818. The Kier molecular flexibility index (Phi) is 3.25. The molecular weight excluding hydrogens is 206 g/mol. The average molecular weight is 225 g/mol. The standard InChI is InChI=1S/C11H19N3O2/c1-3-8(12)9-13-10(14-16-9)11(2)6-4-5-7-15-11/h8H,3-7,12H2,1-2H3/t8-,11?/m1/s1. The molecule has 1 saturated heterocycles. The van der Waals surface area contributed by atoms with Crippen LogP contribution in [0.5, 0.6) is 0 Å². The molecule has 0 spiro atoms. The Morgan fingerprint density at radius 3 is 2.94 bits per heavy atom. The van der Waals surface area contributed by atoms with Crippen LogP contribution in [-0.2, 0) is 10.3 Å². The van der Waals surface area contributed by atoms with Gasteiger partial charge in [-0.1, -0.05) is 12.1 Å². The summed E-state index contributed by atoms with van der Waals surface area (Å²) in [5.41, 5.74) is 5.45. The highest BCUT2D eigenvalue weighted by atomic mass is 16.5.